The molecule has 94 valence electrons. The summed E-state index contributed by atoms with van der Waals surface area (Å²) in [4.78, 5) is 4.35. The summed E-state index contributed by atoms with van der Waals surface area (Å²) in [5.41, 5.74) is 5.16. The van der Waals surface area contributed by atoms with Crippen LogP contribution in [0.4, 0.5) is 0 Å². The lowest BCUT2D eigenvalue weighted by molar-refractivity contribution is 0.652. The lowest BCUT2D eigenvalue weighted by Crippen LogP contribution is -2.08. The van der Waals surface area contributed by atoms with Gasteiger partial charge < -0.3 is 0 Å². The third-order valence-corrected chi connectivity index (χ3v) is 3.72. The van der Waals surface area contributed by atoms with E-state index in [1.807, 2.05) is 18.6 Å². The zero-order chi connectivity index (χ0) is 12.5. The summed E-state index contributed by atoms with van der Waals surface area (Å²) in [6.07, 6.45) is 10.8. The van der Waals surface area contributed by atoms with Gasteiger partial charge in [0.25, 0.3) is 0 Å². The average Bonchev–Trinajstić information content (AvgIpc) is 2.82. The van der Waals surface area contributed by atoms with Gasteiger partial charge in [0.15, 0.2) is 0 Å². The number of nitrogens with zero attached hydrogens (tertiary/aromatic N) is 3. The lowest BCUT2D eigenvalue weighted by Gasteiger charge is -2.14. The van der Waals surface area contributed by atoms with Crippen LogP contribution in [0, 0.1) is 0 Å². The Morgan fingerprint density at radius 3 is 2.78 bits per heavy atom. The fourth-order valence-corrected chi connectivity index (χ4v) is 2.59. The van der Waals surface area contributed by atoms with Crippen LogP contribution in [-0.4, -0.2) is 14.8 Å². The van der Waals surface area contributed by atoms with Crippen molar-refractivity contribution in [3.8, 4) is 5.69 Å². The molecule has 3 nitrogen and oxygen atoms in total. The highest BCUT2D eigenvalue weighted by molar-refractivity contribution is 5.37. The normalized spacial score (nSPS) is 14.8. The summed E-state index contributed by atoms with van der Waals surface area (Å²) in [6, 6.07) is 2.21. The second-order valence-corrected chi connectivity index (χ2v) is 5.37. The minimum atomic E-state index is 0.504. The van der Waals surface area contributed by atoms with Crippen LogP contribution in [0.5, 0.6) is 0 Å². The van der Waals surface area contributed by atoms with Gasteiger partial charge in [0.05, 0.1) is 18.1 Å². The summed E-state index contributed by atoms with van der Waals surface area (Å²) in [5, 5.41) is 4.55. The van der Waals surface area contributed by atoms with Gasteiger partial charge in [-0.25, -0.2) is 4.68 Å². The molecule has 0 bridgehead atoms. The Bertz CT molecular complexity index is 555. The Morgan fingerprint density at radius 2 is 1.94 bits per heavy atom. The summed E-state index contributed by atoms with van der Waals surface area (Å²) >= 11 is 0. The molecular formula is C15H19N3. The predicted molar refractivity (Wildman–Crippen MR) is 72.1 cm³/mol. The summed E-state index contributed by atoms with van der Waals surface area (Å²) in [5.74, 6) is 0.504. The van der Waals surface area contributed by atoms with Crippen molar-refractivity contribution < 1.29 is 0 Å². The highest BCUT2D eigenvalue weighted by Gasteiger charge is 2.16. The molecule has 0 radical (unpaired) electrons. The first-order valence-corrected chi connectivity index (χ1v) is 6.77. The van der Waals surface area contributed by atoms with Crippen LogP contribution in [0.15, 0.2) is 24.7 Å². The smallest absolute Gasteiger partial charge is 0.0834 e. The largest absolute Gasteiger partial charge is 0.262 e. The van der Waals surface area contributed by atoms with Crippen LogP contribution in [0.3, 0.4) is 0 Å². The van der Waals surface area contributed by atoms with Gasteiger partial charge in [0.2, 0.25) is 0 Å². The minimum Gasteiger partial charge on any atom is -0.262 e. The zero-order valence-electron chi connectivity index (χ0n) is 11.1. The molecule has 1 aliphatic rings. The Balaban J connectivity index is 2.04. The van der Waals surface area contributed by atoms with Crippen molar-refractivity contribution in [1.82, 2.24) is 14.8 Å². The van der Waals surface area contributed by atoms with E-state index in [2.05, 4.69) is 34.7 Å². The van der Waals surface area contributed by atoms with Crippen molar-refractivity contribution in [3.05, 3.63) is 41.5 Å². The van der Waals surface area contributed by atoms with Gasteiger partial charge in [0.1, 0.15) is 0 Å². The molecule has 0 N–H and O–H groups in total. The Morgan fingerprint density at radius 1 is 1.11 bits per heavy atom. The summed E-state index contributed by atoms with van der Waals surface area (Å²) in [6.45, 7) is 4.39. The molecule has 3 rings (SSSR count). The third kappa shape index (κ3) is 1.94. The van der Waals surface area contributed by atoms with E-state index >= 15 is 0 Å². The molecule has 2 aromatic heterocycles. The average molecular weight is 241 g/mol. The summed E-state index contributed by atoms with van der Waals surface area (Å²) in [7, 11) is 0. The van der Waals surface area contributed by atoms with Crippen molar-refractivity contribution in [2.75, 3.05) is 0 Å². The van der Waals surface area contributed by atoms with Crippen LogP contribution in [-0.2, 0) is 12.8 Å². The Labute approximate surface area is 108 Å². The number of hydrogen-bond donors (Lipinski definition) is 0. The van der Waals surface area contributed by atoms with Crippen molar-refractivity contribution in [2.24, 2.45) is 0 Å². The number of aryl methyl sites for hydroxylation is 1. The van der Waals surface area contributed by atoms with Crippen LogP contribution in [0.2, 0.25) is 0 Å². The van der Waals surface area contributed by atoms with Gasteiger partial charge in [-0.15, -0.1) is 0 Å². The zero-order valence-corrected chi connectivity index (χ0v) is 11.1. The van der Waals surface area contributed by atoms with Crippen molar-refractivity contribution in [2.45, 2.75) is 45.4 Å². The van der Waals surface area contributed by atoms with E-state index in [0.717, 1.165) is 12.1 Å². The number of fused-ring (bicyclic) bond motifs is 1. The SMILES string of the molecule is CC(C)c1cncc(-n2ncc3c2CCCC3)c1. The van der Waals surface area contributed by atoms with Gasteiger partial charge in [-0.05, 0) is 48.8 Å². The Hall–Kier alpha value is -1.64. The topological polar surface area (TPSA) is 30.7 Å². The van der Waals surface area contributed by atoms with Gasteiger partial charge in [0, 0.05) is 11.9 Å². The maximum absolute atomic E-state index is 4.55. The Kier molecular flexibility index (Phi) is 2.90. The van der Waals surface area contributed by atoms with Gasteiger partial charge in [-0.3, -0.25) is 4.98 Å². The molecular weight excluding hydrogens is 222 g/mol. The van der Waals surface area contributed by atoms with Gasteiger partial charge >= 0.3 is 0 Å². The van der Waals surface area contributed by atoms with E-state index in [-0.39, 0.29) is 0 Å². The summed E-state index contributed by atoms with van der Waals surface area (Å²) < 4.78 is 2.08. The van der Waals surface area contributed by atoms with Gasteiger partial charge in [-0.1, -0.05) is 13.8 Å². The van der Waals surface area contributed by atoms with E-state index in [0.29, 0.717) is 5.92 Å². The molecule has 0 aromatic carbocycles. The highest BCUT2D eigenvalue weighted by atomic mass is 15.3. The van der Waals surface area contributed by atoms with E-state index < -0.39 is 0 Å². The molecule has 2 aromatic rings. The third-order valence-electron chi connectivity index (χ3n) is 3.72. The standard InChI is InChI=1S/C15H19N3/c1-11(2)13-7-14(10-16-8-13)18-15-6-4-3-5-12(15)9-17-18/h7-11H,3-6H2,1-2H3. The maximum Gasteiger partial charge on any atom is 0.0834 e. The molecule has 2 heterocycles. The molecule has 3 heteroatoms. The quantitative estimate of drug-likeness (QED) is 0.808. The molecule has 0 fully saturated rings. The van der Waals surface area contributed by atoms with Gasteiger partial charge in [-0.2, -0.15) is 5.10 Å². The van der Waals surface area contributed by atoms with Crippen LogP contribution in [0.25, 0.3) is 5.69 Å². The van der Waals surface area contributed by atoms with E-state index in [4.69, 9.17) is 0 Å². The van der Waals surface area contributed by atoms with E-state index in [1.165, 1.54) is 36.1 Å². The lowest BCUT2D eigenvalue weighted by atomic mass is 9.98. The fraction of sp³-hybridized carbons (Fsp3) is 0.467. The first-order valence-electron chi connectivity index (χ1n) is 6.77. The monoisotopic (exact) mass is 241 g/mol. The number of pyridine rings is 1. The van der Waals surface area contributed by atoms with Crippen LogP contribution < -0.4 is 0 Å². The second kappa shape index (κ2) is 4.56. The predicted octanol–water partition coefficient (Wildman–Crippen LogP) is 3.27. The molecule has 0 atom stereocenters. The van der Waals surface area contributed by atoms with Crippen LogP contribution in [0.1, 0.15) is 49.4 Å². The van der Waals surface area contributed by atoms with E-state index in [1.54, 1.807) is 0 Å². The van der Waals surface area contributed by atoms with Crippen molar-refractivity contribution in [3.63, 3.8) is 0 Å². The molecule has 0 amide bonds. The molecule has 0 saturated carbocycles. The van der Waals surface area contributed by atoms with Crippen molar-refractivity contribution in [1.29, 1.82) is 0 Å². The molecule has 0 aliphatic heterocycles. The molecule has 0 saturated heterocycles. The molecule has 0 spiro atoms. The first kappa shape index (κ1) is 11.5. The molecule has 18 heavy (non-hydrogen) atoms. The number of rotatable bonds is 2. The minimum absolute atomic E-state index is 0.504. The second-order valence-electron chi connectivity index (χ2n) is 5.37. The first-order chi connectivity index (χ1) is 8.75. The van der Waals surface area contributed by atoms with E-state index in [9.17, 15) is 0 Å². The molecule has 1 aliphatic carbocycles. The number of hydrogen-bond acceptors (Lipinski definition) is 2. The van der Waals surface area contributed by atoms with Crippen LogP contribution >= 0.6 is 0 Å². The molecule has 0 unspecified atom stereocenters. The highest BCUT2D eigenvalue weighted by Crippen LogP contribution is 2.24. The maximum atomic E-state index is 4.55. The number of aromatic nitrogens is 3. The fourth-order valence-electron chi connectivity index (χ4n) is 2.59. The van der Waals surface area contributed by atoms with Crippen molar-refractivity contribution >= 4 is 0 Å².